The van der Waals surface area contributed by atoms with E-state index in [1.807, 2.05) is 6.92 Å². The van der Waals surface area contributed by atoms with E-state index in [2.05, 4.69) is 0 Å². The number of carbonyl (C=O) groups is 1. The summed E-state index contributed by atoms with van der Waals surface area (Å²) in [6, 6.07) is 5.99. The lowest BCUT2D eigenvalue weighted by Gasteiger charge is -1.95. The van der Waals surface area contributed by atoms with E-state index in [-0.39, 0.29) is 11.3 Å². The Morgan fingerprint density at radius 2 is 1.78 bits per heavy atom. The van der Waals surface area contributed by atoms with Crippen LogP contribution in [0.25, 0.3) is 0 Å². The number of benzene rings is 1. The molecule has 0 saturated heterocycles. The number of aliphatic carboxylic acids is 1. The van der Waals surface area contributed by atoms with E-state index in [1.54, 1.807) is 12.1 Å². The lowest BCUT2D eigenvalue weighted by atomic mass is 10.2. The van der Waals surface area contributed by atoms with Crippen molar-refractivity contribution in [3.8, 4) is 0 Å². The molecule has 0 saturated carbocycles. The fraction of sp³-hybridized carbons (Fsp3) is 0.364. The highest BCUT2D eigenvalue weighted by atomic mass is 32.2. The van der Waals surface area contributed by atoms with Gasteiger partial charge in [-0.1, -0.05) is 17.7 Å². The maximum atomic E-state index is 10.5. The van der Waals surface area contributed by atoms with Crippen LogP contribution in [0.3, 0.4) is 0 Å². The van der Waals surface area contributed by atoms with Gasteiger partial charge < -0.3 is 10.8 Å². The summed E-state index contributed by atoms with van der Waals surface area (Å²) in [5.41, 5.74) is 5.97. The number of carboxylic acids is 1. The second-order valence-electron chi connectivity index (χ2n) is 3.57. The number of carboxylic acid groups (broad SMARTS) is 1. The molecule has 0 unspecified atom stereocenters. The Hall–Kier alpha value is -1.44. The highest BCUT2D eigenvalue weighted by molar-refractivity contribution is 7.85. The fourth-order valence-electron chi connectivity index (χ4n) is 0.964. The largest absolute Gasteiger partial charge is 0.481 e. The summed E-state index contributed by atoms with van der Waals surface area (Å²) in [6.45, 7) is 2.31. The van der Waals surface area contributed by atoms with Gasteiger partial charge in [-0.3, -0.25) is 9.35 Å². The van der Waals surface area contributed by atoms with Gasteiger partial charge in [0.05, 0.1) is 4.90 Å². The highest BCUT2D eigenvalue weighted by Crippen LogP contribution is 2.08. The number of hydrogen-bond acceptors (Lipinski definition) is 4. The minimum Gasteiger partial charge on any atom is -0.481 e. The zero-order valence-electron chi connectivity index (χ0n) is 10.0. The predicted octanol–water partition coefficient (Wildman–Crippen LogP) is 1.05. The average molecular weight is 275 g/mol. The molecule has 0 aliphatic rings. The molecule has 1 rings (SSSR count). The smallest absolute Gasteiger partial charge is 0.303 e. The Balaban J connectivity index is 0.000000360. The van der Waals surface area contributed by atoms with Crippen molar-refractivity contribution in [2.75, 3.05) is 6.54 Å². The molecule has 0 bridgehead atoms. The van der Waals surface area contributed by atoms with Crippen molar-refractivity contribution in [1.29, 1.82) is 0 Å². The molecule has 1 aromatic rings. The molecular formula is C11H17NO5S. The summed E-state index contributed by atoms with van der Waals surface area (Å²) in [5.74, 6) is -0.773. The van der Waals surface area contributed by atoms with Gasteiger partial charge in [-0.15, -0.1) is 0 Å². The molecule has 1 aromatic carbocycles. The molecule has 0 aromatic heterocycles. The van der Waals surface area contributed by atoms with Crippen LogP contribution in [0.4, 0.5) is 0 Å². The van der Waals surface area contributed by atoms with Crippen molar-refractivity contribution in [3.05, 3.63) is 29.8 Å². The summed E-state index contributed by atoms with van der Waals surface area (Å²) >= 11 is 0. The van der Waals surface area contributed by atoms with Gasteiger partial charge in [0, 0.05) is 6.42 Å². The Bertz CT molecular complexity index is 467. The standard InChI is InChI=1S/C7H8O3S.C4H9NO2/c1-6-2-4-7(5-3-6)11(8,9)10;5-3-1-2-4(6)7/h2-5H,1H3,(H,8,9,10);1-3,5H2,(H,6,7). The molecule has 4 N–H and O–H groups in total. The van der Waals surface area contributed by atoms with Crippen molar-refractivity contribution in [2.45, 2.75) is 24.7 Å². The molecule has 0 atom stereocenters. The van der Waals surface area contributed by atoms with Crippen molar-refractivity contribution < 1.29 is 22.9 Å². The molecule has 6 nitrogen and oxygen atoms in total. The summed E-state index contributed by atoms with van der Waals surface area (Å²) in [4.78, 5) is 9.64. The maximum Gasteiger partial charge on any atom is 0.303 e. The number of rotatable bonds is 4. The lowest BCUT2D eigenvalue weighted by Crippen LogP contribution is -2.02. The molecule has 0 radical (unpaired) electrons. The summed E-state index contributed by atoms with van der Waals surface area (Å²) in [7, 11) is -4.02. The highest BCUT2D eigenvalue weighted by Gasteiger charge is 2.06. The molecule has 0 fully saturated rings. The fourth-order valence-corrected chi connectivity index (χ4v) is 1.44. The Kier molecular flexibility index (Phi) is 7.18. The van der Waals surface area contributed by atoms with Crippen LogP contribution in [0.1, 0.15) is 18.4 Å². The first-order valence-electron chi connectivity index (χ1n) is 5.23. The quantitative estimate of drug-likeness (QED) is 0.707. The third-order valence-electron chi connectivity index (χ3n) is 1.91. The van der Waals surface area contributed by atoms with E-state index in [9.17, 15) is 13.2 Å². The Morgan fingerprint density at radius 3 is 2.06 bits per heavy atom. The minimum absolute atomic E-state index is 0.0666. The van der Waals surface area contributed by atoms with Crippen LogP contribution >= 0.6 is 0 Å². The van der Waals surface area contributed by atoms with Crippen molar-refractivity contribution in [2.24, 2.45) is 5.73 Å². The predicted molar refractivity (Wildman–Crippen MR) is 66.9 cm³/mol. The first kappa shape index (κ1) is 16.6. The number of nitrogens with two attached hydrogens (primary N) is 1. The zero-order chi connectivity index (χ0) is 14.2. The van der Waals surface area contributed by atoms with Crippen molar-refractivity contribution in [3.63, 3.8) is 0 Å². The Morgan fingerprint density at radius 1 is 1.28 bits per heavy atom. The maximum absolute atomic E-state index is 10.5. The normalized spacial score (nSPS) is 10.4. The van der Waals surface area contributed by atoms with Crippen LogP contribution in [0.2, 0.25) is 0 Å². The zero-order valence-corrected chi connectivity index (χ0v) is 10.9. The molecule has 0 amide bonds. The van der Waals surface area contributed by atoms with Gasteiger partial charge >= 0.3 is 5.97 Å². The van der Waals surface area contributed by atoms with Crippen LogP contribution in [0.15, 0.2) is 29.2 Å². The first-order valence-corrected chi connectivity index (χ1v) is 6.67. The second-order valence-corrected chi connectivity index (χ2v) is 5.00. The molecule has 0 aliphatic carbocycles. The third kappa shape index (κ3) is 7.77. The van der Waals surface area contributed by atoms with E-state index in [0.717, 1.165) is 5.56 Å². The van der Waals surface area contributed by atoms with Crippen LogP contribution in [0, 0.1) is 6.92 Å². The lowest BCUT2D eigenvalue weighted by molar-refractivity contribution is -0.137. The number of hydrogen-bond donors (Lipinski definition) is 3. The molecule has 102 valence electrons. The van der Waals surface area contributed by atoms with Gasteiger partial charge in [0.2, 0.25) is 0 Å². The van der Waals surface area contributed by atoms with Gasteiger partial charge in [-0.05, 0) is 32.0 Å². The monoisotopic (exact) mass is 275 g/mol. The van der Waals surface area contributed by atoms with Gasteiger partial charge in [0.25, 0.3) is 10.1 Å². The van der Waals surface area contributed by atoms with Crippen LogP contribution in [-0.4, -0.2) is 30.6 Å². The molecule has 0 aliphatic heterocycles. The van der Waals surface area contributed by atoms with Crippen LogP contribution in [-0.2, 0) is 14.9 Å². The van der Waals surface area contributed by atoms with Crippen LogP contribution < -0.4 is 5.73 Å². The van der Waals surface area contributed by atoms with Gasteiger partial charge in [0.15, 0.2) is 0 Å². The summed E-state index contributed by atoms with van der Waals surface area (Å²) in [5, 5.41) is 7.99. The third-order valence-corrected chi connectivity index (χ3v) is 2.78. The Labute approximate surface area is 106 Å². The molecule has 7 heteroatoms. The molecule has 18 heavy (non-hydrogen) atoms. The topological polar surface area (TPSA) is 118 Å². The summed E-state index contributed by atoms with van der Waals surface area (Å²) in [6.07, 6.45) is 0.770. The number of aryl methyl sites for hydroxylation is 1. The van der Waals surface area contributed by atoms with Crippen molar-refractivity contribution in [1.82, 2.24) is 0 Å². The van der Waals surface area contributed by atoms with Crippen LogP contribution in [0.5, 0.6) is 0 Å². The SMILES string of the molecule is Cc1ccc(S(=O)(=O)O)cc1.NCCCC(=O)O. The van der Waals surface area contributed by atoms with E-state index < -0.39 is 16.1 Å². The first-order chi connectivity index (χ1) is 8.27. The molecular weight excluding hydrogens is 258 g/mol. The van der Waals surface area contributed by atoms with Gasteiger partial charge in [-0.25, -0.2) is 0 Å². The second kappa shape index (κ2) is 7.80. The molecule has 0 heterocycles. The average Bonchev–Trinajstić information content (AvgIpc) is 2.26. The van der Waals surface area contributed by atoms with Gasteiger partial charge in [0.1, 0.15) is 0 Å². The van der Waals surface area contributed by atoms with Gasteiger partial charge in [-0.2, -0.15) is 8.42 Å². The van der Waals surface area contributed by atoms with Crippen molar-refractivity contribution >= 4 is 16.1 Å². The van der Waals surface area contributed by atoms with E-state index in [1.165, 1.54) is 12.1 Å². The summed E-state index contributed by atoms with van der Waals surface area (Å²) < 4.78 is 29.6. The van der Waals surface area contributed by atoms with E-state index in [4.69, 9.17) is 15.4 Å². The minimum atomic E-state index is -4.02. The van der Waals surface area contributed by atoms with E-state index >= 15 is 0 Å². The molecule has 0 spiro atoms. The van der Waals surface area contributed by atoms with E-state index in [0.29, 0.717) is 13.0 Å².